The Morgan fingerprint density at radius 3 is 2.72 bits per heavy atom. The van der Waals surface area contributed by atoms with Gasteiger partial charge in [-0.25, -0.2) is 4.98 Å². The van der Waals surface area contributed by atoms with Gasteiger partial charge in [-0.3, -0.25) is 4.79 Å². The third kappa shape index (κ3) is 5.47. The minimum absolute atomic E-state index is 0.0325. The topological polar surface area (TPSA) is 68.0 Å². The fourth-order valence-electron chi connectivity index (χ4n) is 1.62. The van der Waals surface area contributed by atoms with E-state index in [1.165, 1.54) is 6.20 Å². The Hall–Kier alpha value is -1.13. The number of carbonyl (C=O) groups is 1. The molecule has 0 aliphatic heterocycles. The molecule has 18 heavy (non-hydrogen) atoms. The SMILES string of the molecule is CC(C)(CCN)CCC(=O)Nc1ccc(Cl)cn1. The summed E-state index contributed by atoms with van der Waals surface area (Å²) in [6.45, 7) is 4.88. The maximum absolute atomic E-state index is 11.7. The molecule has 0 aliphatic rings. The van der Waals surface area contributed by atoms with Gasteiger partial charge in [0.05, 0.1) is 5.02 Å². The molecule has 1 heterocycles. The molecule has 3 N–H and O–H groups in total. The molecule has 0 saturated heterocycles. The monoisotopic (exact) mass is 269 g/mol. The minimum atomic E-state index is -0.0325. The zero-order valence-electron chi connectivity index (χ0n) is 10.9. The van der Waals surface area contributed by atoms with E-state index in [-0.39, 0.29) is 11.3 Å². The standard InChI is InChI=1S/C13H20ClN3O/c1-13(2,7-8-15)6-5-12(18)17-11-4-3-10(14)9-16-11/h3-4,9H,5-8,15H2,1-2H3,(H,16,17,18). The fourth-order valence-corrected chi connectivity index (χ4v) is 1.73. The van der Waals surface area contributed by atoms with Gasteiger partial charge in [-0.2, -0.15) is 0 Å². The number of hydrogen-bond acceptors (Lipinski definition) is 3. The fraction of sp³-hybridized carbons (Fsp3) is 0.538. The summed E-state index contributed by atoms with van der Waals surface area (Å²) in [7, 11) is 0. The van der Waals surface area contributed by atoms with E-state index in [4.69, 9.17) is 17.3 Å². The molecule has 0 unspecified atom stereocenters. The van der Waals surface area contributed by atoms with Crippen LogP contribution in [0.5, 0.6) is 0 Å². The molecule has 1 amide bonds. The summed E-state index contributed by atoms with van der Waals surface area (Å²) >= 11 is 5.72. The van der Waals surface area contributed by atoms with Crippen LogP contribution in [-0.2, 0) is 4.79 Å². The number of aromatic nitrogens is 1. The van der Waals surface area contributed by atoms with Gasteiger partial charge in [0.25, 0.3) is 0 Å². The van der Waals surface area contributed by atoms with Crippen molar-refractivity contribution in [2.75, 3.05) is 11.9 Å². The second-order valence-electron chi connectivity index (χ2n) is 5.11. The molecule has 0 spiro atoms. The van der Waals surface area contributed by atoms with E-state index >= 15 is 0 Å². The van der Waals surface area contributed by atoms with Crippen molar-refractivity contribution in [1.29, 1.82) is 0 Å². The van der Waals surface area contributed by atoms with Gasteiger partial charge in [-0.15, -0.1) is 0 Å². The Labute approximate surface area is 113 Å². The van der Waals surface area contributed by atoms with Gasteiger partial charge in [-0.1, -0.05) is 25.4 Å². The number of nitrogens with two attached hydrogens (primary N) is 1. The van der Waals surface area contributed by atoms with Crippen molar-refractivity contribution in [1.82, 2.24) is 4.98 Å². The van der Waals surface area contributed by atoms with Crippen LogP contribution in [0, 0.1) is 5.41 Å². The average Bonchev–Trinajstić information content (AvgIpc) is 2.30. The highest BCUT2D eigenvalue weighted by molar-refractivity contribution is 6.30. The average molecular weight is 270 g/mol. The van der Waals surface area contributed by atoms with Crippen LogP contribution in [0.2, 0.25) is 5.02 Å². The van der Waals surface area contributed by atoms with Crippen LogP contribution in [-0.4, -0.2) is 17.4 Å². The number of carbonyl (C=O) groups excluding carboxylic acids is 1. The van der Waals surface area contributed by atoms with E-state index in [9.17, 15) is 4.79 Å². The Morgan fingerprint density at radius 1 is 1.44 bits per heavy atom. The quantitative estimate of drug-likeness (QED) is 0.834. The van der Waals surface area contributed by atoms with Gasteiger partial charge in [0.1, 0.15) is 5.82 Å². The Balaban J connectivity index is 2.40. The van der Waals surface area contributed by atoms with Crippen molar-refractivity contribution < 1.29 is 4.79 Å². The Morgan fingerprint density at radius 2 is 2.17 bits per heavy atom. The maximum Gasteiger partial charge on any atom is 0.225 e. The van der Waals surface area contributed by atoms with Gasteiger partial charge in [0.15, 0.2) is 0 Å². The number of nitrogens with zero attached hydrogens (tertiary/aromatic N) is 1. The van der Waals surface area contributed by atoms with E-state index in [1.54, 1.807) is 12.1 Å². The molecule has 1 aromatic rings. The summed E-state index contributed by atoms with van der Waals surface area (Å²) in [6.07, 6.45) is 3.70. The number of amides is 1. The molecular formula is C13H20ClN3O. The summed E-state index contributed by atoms with van der Waals surface area (Å²) < 4.78 is 0. The summed E-state index contributed by atoms with van der Waals surface area (Å²) in [5.41, 5.74) is 5.63. The normalized spacial score (nSPS) is 11.3. The van der Waals surface area contributed by atoms with Crippen LogP contribution in [0.25, 0.3) is 0 Å². The third-order valence-electron chi connectivity index (χ3n) is 2.84. The predicted molar refractivity (Wildman–Crippen MR) is 74.6 cm³/mol. The Bertz CT molecular complexity index is 390. The summed E-state index contributed by atoms with van der Waals surface area (Å²) in [5.74, 6) is 0.496. The van der Waals surface area contributed by atoms with Gasteiger partial charge >= 0.3 is 0 Å². The largest absolute Gasteiger partial charge is 0.330 e. The van der Waals surface area contributed by atoms with E-state index in [2.05, 4.69) is 24.1 Å². The lowest BCUT2D eigenvalue weighted by Gasteiger charge is -2.23. The number of anilines is 1. The molecule has 0 fully saturated rings. The van der Waals surface area contributed by atoms with Crippen molar-refractivity contribution in [3.63, 3.8) is 0 Å². The predicted octanol–water partition coefficient (Wildman–Crippen LogP) is 2.83. The first-order valence-electron chi connectivity index (χ1n) is 6.04. The van der Waals surface area contributed by atoms with Gasteiger partial charge in [0.2, 0.25) is 5.91 Å². The molecule has 0 radical (unpaired) electrons. The number of pyridine rings is 1. The number of rotatable bonds is 6. The highest BCUT2D eigenvalue weighted by Gasteiger charge is 2.18. The van der Waals surface area contributed by atoms with Crippen LogP contribution in [0.3, 0.4) is 0 Å². The molecule has 0 bridgehead atoms. The summed E-state index contributed by atoms with van der Waals surface area (Å²) in [6, 6.07) is 3.38. The molecule has 100 valence electrons. The smallest absolute Gasteiger partial charge is 0.225 e. The molecule has 4 nitrogen and oxygen atoms in total. The first kappa shape index (κ1) is 14.9. The maximum atomic E-state index is 11.7. The van der Waals surface area contributed by atoms with Crippen LogP contribution in [0.1, 0.15) is 33.1 Å². The Kier molecular flexibility index (Phi) is 5.56. The minimum Gasteiger partial charge on any atom is -0.330 e. The number of hydrogen-bond donors (Lipinski definition) is 2. The van der Waals surface area contributed by atoms with E-state index in [0.717, 1.165) is 12.8 Å². The van der Waals surface area contributed by atoms with Crippen LogP contribution < -0.4 is 11.1 Å². The van der Waals surface area contributed by atoms with Crippen LogP contribution in [0.4, 0.5) is 5.82 Å². The van der Waals surface area contributed by atoms with E-state index in [1.807, 2.05) is 0 Å². The summed E-state index contributed by atoms with van der Waals surface area (Å²) in [4.78, 5) is 15.7. The third-order valence-corrected chi connectivity index (χ3v) is 3.07. The van der Waals surface area contributed by atoms with Crippen LogP contribution >= 0.6 is 11.6 Å². The molecular weight excluding hydrogens is 250 g/mol. The molecule has 0 aliphatic carbocycles. The highest BCUT2D eigenvalue weighted by atomic mass is 35.5. The molecule has 0 aromatic carbocycles. The first-order chi connectivity index (χ1) is 8.43. The lowest BCUT2D eigenvalue weighted by molar-refractivity contribution is -0.116. The second-order valence-corrected chi connectivity index (χ2v) is 5.55. The van der Waals surface area contributed by atoms with Crippen molar-refractivity contribution >= 4 is 23.3 Å². The van der Waals surface area contributed by atoms with Crippen molar-refractivity contribution in [3.05, 3.63) is 23.4 Å². The van der Waals surface area contributed by atoms with Crippen LogP contribution in [0.15, 0.2) is 18.3 Å². The molecule has 5 heteroatoms. The second kappa shape index (κ2) is 6.71. The molecule has 0 atom stereocenters. The van der Waals surface area contributed by atoms with Crippen molar-refractivity contribution in [2.45, 2.75) is 33.1 Å². The molecule has 1 aromatic heterocycles. The zero-order chi connectivity index (χ0) is 13.6. The molecule has 0 saturated carbocycles. The van der Waals surface area contributed by atoms with Crippen molar-refractivity contribution in [3.8, 4) is 0 Å². The first-order valence-corrected chi connectivity index (χ1v) is 6.42. The molecule has 1 rings (SSSR count). The van der Waals surface area contributed by atoms with E-state index < -0.39 is 0 Å². The van der Waals surface area contributed by atoms with Gasteiger partial charge in [0, 0.05) is 12.6 Å². The van der Waals surface area contributed by atoms with Gasteiger partial charge < -0.3 is 11.1 Å². The summed E-state index contributed by atoms with van der Waals surface area (Å²) in [5, 5.41) is 3.30. The van der Waals surface area contributed by atoms with Gasteiger partial charge in [-0.05, 0) is 36.9 Å². The lowest BCUT2D eigenvalue weighted by Crippen LogP contribution is -2.20. The van der Waals surface area contributed by atoms with E-state index in [0.29, 0.717) is 23.8 Å². The number of halogens is 1. The zero-order valence-corrected chi connectivity index (χ0v) is 11.6. The number of nitrogens with one attached hydrogen (secondary N) is 1. The highest BCUT2D eigenvalue weighted by Crippen LogP contribution is 2.26. The lowest BCUT2D eigenvalue weighted by atomic mass is 9.84. The van der Waals surface area contributed by atoms with Crippen molar-refractivity contribution in [2.24, 2.45) is 11.1 Å².